The highest BCUT2D eigenvalue weighted by atomic mass is 19.4. The van der Waals surface area contributed by atoms with Crippen LogP contribution in [-0.2, 0) is 6.18 Å². The van der Waals surface area contributed by atoms with E-state index in [1.54, 1.807) is 29.3 Å². The Bertz CT molecular complexity index is 1510. The van der Waals surface area contributed by atoms with Gasteiger partial charge in [-0.1, -0.05) is 0 Å². The van der Waals surface area contributed by atoms with E-state index in [-0.39, 0.29) is 34.8 Å². The maximum atomic E-state index is 13.7. The zero-order chi connectivity index (χ0) is 30.9. The summed E-state index contributed by atoms with van der Waals surface area (Å²) in [5, 5.41) is 6.30. The number of nitrogens with one attached hydrogen (secondary N) is 2. The highest BCUT2D eigenvalue weighted by Crippen LogP contribution is 2.49. The van der Waals surface area contributed by atoms with Crippen LogP contribution in [0.25, 0.3) is 11.3 Å². The summed E-state index contributed by atoms with van der Waals surface area (Å²) in [6, 6.07) is 9.97. The molecule has 2 aliphatic heterocycles. The zero-order valence-electron chi connectivity index (χ0n) is 24.4. The first-order chi connectivity index (χ1) is 21.1. The molecule has 44 heavy (non-hydrogen) atoms. The number of ether oxygens (including phenoxy) is 2. The third kappa shape index (κ3) is 6.31. The summed E-state index contributed by atoms with van der Waals surface area (Å²) < 4.78 is 67.0. The van der Waals surface area contributed by atoms with Crippen molar-refractivity contribution in [3.8, 4) is 22.9 Å². The molecule has 3 aromatic rings. The predicted molar refractivity (Wildman–Crippen MR) is 156 cm³/mol. The van der Waals surface area contributed by atoms with E-state index in [0.717, 1.165) is 25.5 Å². The molecule has 3 aliphatic rings. The number of aromatic nitrogens is 2. The molecule has 234 valence electrons. The number of pyridine rings is 2. The minimum absolute atomic E-state index is 0.00196. The third-order valence-corrected chi connectivity index (χ3v) is 8.79. The topological polar surface area (TPSA) is 88.6 Å². The fourth-order valence-corrected chi connectivity index (χ4v) is 6.68. The lowest BCUT2D eigenvalue weighted by Gasteiger charge is -2.27. The van der Waals surface area contributed by atoms with Gasteiger partial charge in [-0.25, -0.2) is 14.4 Å². The monoisotopic (exact) mass is 613 g/mol. The highest BCUT2D eigenvalue weighted by molar-refractivity contribution is 5.96. The van der Waals surface area contributed by atoms with Gasteiger partial charge in [0.2, 0.25) is 5.88 Å². The Balaban J connectivity index is 1.22. The summed E-state index contributed by atoms with van der Waals surface area (Å²) >= 11 is 0. The van der Waals surface area contributed by atoms with Crippen molar-refractivity contribution in [3.63, 3.8) is 0 Å². The van der Waals surface area contributed by atoms with Crippen LogP contribution in [0.4, 0.5) is 23.2 Å². The van der Waals surface area contributed by atoms with Gasteiger partial charge in [0.25, 0.3) is 5.91 Å². The first-order valence-corrected chi connectivity index (χ1v) is 15.0. The number of amides is 1. The van der Waals surface area contributed by atoms with Gasteiger partial charge in [-0.05, 0) is 93.5 Å². The van der Waals surface area contributed by atoms with Crippen molar-refractivity contribution in [2.45, 2.75) is 57.3 Å². The smallest absolute Gasteiger partial charge is 0.418 e. The number of hydrogen-bond acceptors (Lipinski definition) is 7. The Morgan fingerprint density at radius 3 is 2.82 bits per heavy atom. The van der Waals surface area contributed by atoms with E-state index in [9.17, 15) is 22.4 Å². The van der Waals surface area contributed by atoms with E-state index < -0.39 is 17.6 Å². The van der Waals surface area contributed by atoms with Crippen LogP contribution >= 0.6 is 0 Å². The molecule has 1 amide bonds. The van der Waals surface area contributed by atoms with E-state index in [2.05, 4.69) is 15.6 Å². The van der Waals surface area contributed by atoms with Gasteiger partial charge in [-0.15, -0.1) is 0 Å². The van der Waals surface area contributed by atoms with Gasteiger partial charge in [0.1, 0.15) is 5.82 Å². The summed E-state index contributed by atoms with van der Waals surface area (Å²) in [4.78, 5) is 24.3. The van der Waals surface area contributed by atoms with Crippen molar-refractivity contribution in [2.24, 2.45) is 5.41 Å². The second-order valence-electron chi connectivity index (χ2n) is 11.8. The molecular formula is C32H35F4N5O3. The Kier molecular flexibility index (Phi) is 8.36. The average molecular weight is 614 g/mol. The molecule has 1 saturated carbocycles. The molecule has 0 radical (unpaired) electrons. The van der Waals surface area contributed by atoms with Gasteiger partial charge in [0.15, 0.2) is 11.4 Å². The molecule has 2 unspecified atom stereocenters. The quantitative estimate of drug-likeness (QED) is 0.319. The maximum absolute atomic E-state index is 13.7. The van der Waals surface area contributed by atoms with Crippen molar-refractivity contribution >= 4 is 11.6 Å². The molecule has 4 heterocycles. The van der Waals surface area contributed by atoms with E-state index in [1.807, 2.05) is 13.0 Å². The molecule has 1 aromatic carbocycles. The summed E-state index contributed by atoms with van der Waals surface area (Å²) in [7, 11) is 0. The van der Waals surface area contributed by atoms with Gasteiger partial charge in [-0.2, -0.15) is 13.2 Å². The summed E-state index contributed by atoms with van der Waals surface area (Å²) in [6.07, 6.45) is 0.326. The van der Waals surface area contributed by atoms with Crippen LogP contribution in [0.3, 0.4) is 0 Å². The molecule has 0 bridgehead atoms. The van der Waals surface area contributed by atoms with Crippen molar-refractivity contribution in [1.29, 1.82) is 0 Å². The number of carbonyl (C=O) groups excluding carboxylic acids is 1. The largest absolute Gasteiger partial charge is 0.488 e. The van der Waals surface area contributed by atoms with E-state index in [4.69, 9.17) is 14.5 Å². The molecule has 6 rings (SSSR count). The second kappa shape index (κ2) is 12.2. The number of anilines is 1. The van der Waals surface area contributed by atoms with Crippen LogP contribution < -0.4 is 25.0 Å². The molecule has 1 aliphatic carbocycles. The van der Waals surface area contributed by atoms with Gasteiger partial charge in [-0.3, -0.25) is 4.79 Å². The fourth-order valence-electron chi connectivity index (χ4n) is 6.68. The fraction of sp³-hybridized carbons (Fsp3) is 0.469. The second-order valence-corrected chi connectivity index (χ2v) is 11.8. The Morgan fingerprint density at radius 1 is 1.18 bits per heavy atom. The molecule has 12 heteroatoms. The zero-order valence-corrected chi connectivity index (χ0v) is 24.4. The van der Waals surface area contributed by atoms with Crippen LogP contribution in [-0.4, -0.2) is 60.8 Å². The van der Waals surface area contributed by atoms with Gasteiger partial charge in [0, 0.05) is 37.6 Å². The minimum Gasteiger partial charge on any atom is -0.488 e. The summed E-state index contributed by atoms with van der Waals surface area (Å²) in [5.41, 5.74) is 0.147. The molecule has 3 atom stereocenters. The van der Waals surface area contributed by atoms with E-state index in [1.165, 1.54) is 6.07 Å². The number of halogens is 4. The first-order valence-electron chi connectivity index (χ1n) is 15.0. The number of nitrogens with zero attached hydrogens (tertiary/aromatic N) is 3. The first kappa shape index (κ1) is 30.1. The van der Waals surface area contributed by atoms with Crippen molar-refractivity contribution < 1.29 is 31.8 Å². The lowest BCUT2D eigenvalue weighted by Crippen LogP contribution is -2.37. The van der Waals surface area contributed by atoms with E-state index in [0.29, 0.717) is 74.5 Å². The molecule has 2 N–H and O–H groups in total. The average Bonchev–Trinajstić information content (AvgIpc) is 3.76. The maximum Gasteiger partial charge on any atom is 0.418 e. The molecule has 2 saturated heterocycles. The standard InChI is InChI=1S/C32H35F4N5O3/c1-2-43-30-23(4-3-13-38-30)25-6-8-27(28(40-25)29(42)39-21-10-14-37-18-21)44-22-9-11-31(17-22)12-15-41(19-31)26-7-5-20(33)16-24(26)32(34,35)36/h3-8,13,16,21-22,37H,2,9-12,14-15,17-19H2,1H3,(H,39,42)/t21-,22?,31?/m1/s1. The predicted octanol–water partition coefficient (Wildman–Crippen LogP) is 5.62. The van der Waals surface area contributed by atoms with Crippen LogP contribution in [0.1, 0.15) is 55.1 Å². The van der Waals surface area contributed by atoms with Crippen LogP contribution in [0, 0.1) is 11.2 Å². The summed E-state index contributed by atoms with van der Waals surface area (Å²) in [6.45, 7) is 4.64. The Hall–Kier alpha value is -3.93. The van der Waals surface area contributed by atoms with Gasteiger partial charge < -0.3 is 25.0 Å². The lowest BCUT2D eigenvalue weighted by molar-refractivity contribution is -0.137. The number of alkyl halides is 3. The van der Waals surface area contributed by atoms with Crippen LogP contribution in [0.15, 0.2) is 48.7 Å². The van der Waals surface area contributed by atoms with Crippen LogP contribution in [0.5, 0.6) is 11.6 Å². The highest BCUT2D eigenvalue weighted by Gasteiger charge is 2.47. The van der Waals surface area contributed by atoms with Crippen molar-refractivity contribution in [3.05, 3.63) is 65.7 Å². The number of carbonyl (C=O) groups is 1. The molecule has 1 spiro atoms. The molecule has 3 fully saturated rings. The summed E-state index contributed by atoms with van der Waals surface area (Å²) in [5.74, 6) is -0.478. The number of rotatable bonds is 8. The Morgan fingerprint density at radius 2 is 2.05 bits per heavy atom. The number of hydrogen-bond donors (Lipinski definition) is 2. The minimum atomic E-state index is -4.65. The third-order valence-electron chi connectivity index (χ3n) is 8.79. The molecule has 8 nitrogen and oxygen atoms in total. The van der Waals surface area contributed by atoms with E-state index >= 15 is 0 Å². The normalized spacial score (nSPS) is 23.3. The Labute approximate surface area is 253 Å². The molecule has 2 aromatic heterocycles. The SMILES string of the molecule is CCOc1ncccc1-c1ccc(OC2CCC3(CCN(c4ccc(F)cc4C(F)(F)F)C3)C2)c(C(=O)N[C@@H]2CCNC2)n1. The lowest BCUT2D eigenvalue weighted by atomic mass is 9.85. The van der Waals surface area contributed by atoms with Crippen molar-refractivity contribution in [2.75, 3.05) is 37.7 Å². The van der Waals surface area contributed by atoms with Crippen molar-refractivity contribution in [1.82, 2.24) is 20.6 Å². The van der Waals surface area contributed by atoms with Gasteiger partial charge >= 0.3 is 6.18 Å². The van der Waals surface area contributed by atoms with Gasteiger partial charge in [0.05, 0.1) is 29.5 Å². The molecular weight excluding hydrogens is 578 g/mol. The van der Waals surface area contributed by atoms with Crippen LogP contribution in [0.2, 0.25) is 0 Å². The number of benzene rings is 1.